The summed E-state index contributed by atoms with van der Waals surface area (Å²) in [5, 5.41) is 0. The molecule has 0 N–H and O–H groups in total. The van der Waals surface area contributed by atoms with Gasteiger partial charge in [0.25, 0.3) is 0 Å². The van der Waals surface area contributed by atoms with Gasteiger partial charge in [-0.2, -0.15) is 0 Å². The van der Waals surface area contributed by atoms with Gasteiger partial charge in [-0.05, 0) is 0 Å². The third-order valence-corrected chi connectivity index (χ3v) is 11.6. The summed E-state index contributed by atoms with van der Waals surface area (Å²) in [5.41, 5.74) is 4.52. The summed E-state index contributed by atoms with van der Waals surface area (Å²) >= 11 is -2.01. The van der Waals surface area contributed by atoms with Crippen molar-refractivity contribution in [2.45, 2.75) is 40.0 Å². The molecule has 0 nitrogen and oxygen atoms in total. The van der Waals surface area contributed by atoms with E-state index in [1.807, 2.05) is 0 Å². The standard InChI is InChI=1S/C12H17.2C6H5.Sb/c1-9-7-6-8-11(10(9)2)12(3,4)5;2*1-2-4-6-5-3-1;/h7-8H,1-5H3;2*1-5H;. The van der Waals surface area contributed by atoms with Gasteiger partial charge in [-0.1, -0.05) is 0 Å². The van der Waals surface area contributed by atoms with Gasteiger partial charge < -0.3 is 0 Å². The molecular formula is C24H27Sb. The molecule has 3 aromatic rings. The van der Waals surface area contributed by atoms with Crippen LogP contribution in [0.3, 0.4) is 0 Å². The SMILES string of the molecule is Cc1c[c]([Sb]([c]2ccccc2)[c]2ccccc2)cc(C(C)(C)C)c1C. The molecule has 0 saturated heterocycles. The number of rotatable bonds is 3. The fraction of sp³-hybridized carbons (Fsp3) is 0.250. The predicted molar refractivity (Wildman–Crippen MR) is 112 cm³/mol. The first-order chi connectivity index (χ1) is 11.9. The molecular weight excluding hydrogens is 410 g/mol. The van der Waals surface area contributed by atoms with E-state index in [4.69, 9.17) is 0 Å². The molecule has 3 rings (SSSR count). The molecule has 0 heterocycles. The number of benzene rings is 3. The van der Waals surface area contributed by atoms with Gasteiger partial charge in [0.1, 0.15) is 0 Å². The van der Waals surface area contributed by atoms with Gasteiger partial charge in [-0.3, -0.25) is 0 Å². The Bertz CT molecular complexity index is 803. The Kier molecular flexibility index (Phi) is 5.40. The fourth-order valence-corrected chi connectivity index (χ4v) is 10.2. The molecule has 0 fully saturated rings. The summed E-state index contributed by atoms with van der Waals surface area (Å²) in [4.78, 5) is 0. The molecule has 3 aromatic carbocycles. The van der Waals surface area contributed by atoms with Crippen LogP contribution < -0.4 is 10.5 Å². The summed E-state index contributed by atoms with van der Waals surface area (Å²) in [6.07, 6.45) is 0. The molecule has 0 radical (unpaired) electrons. The van der Waals surface area contributed by atoms with E-state index in [0.717, 1.165) is 0 Å². The van der Waals surface area contributed by atoms with Crippen LogP contribution in [0.4, 0.5) is 0 Å². The van der Waals surface area contributed by atoms with Crippen LogP contribution in [0.15, 0.2) is 72.8 Å². The number of hydrogen-bond donors (Lipinski definition) is 0. The van der Waals surface area contributed by atoms with E-state index in [9.17, 15) is 0 Å². The Morgan fingerprint density at radius 1 is 0.640 bits per heavy atom. The monoisotopic (exact) mass is 436 g/mol. The second-order valence-corrected chi connectivity index (χ2v) is 14.0. The zero-order valence-electron chi connectivity index (χ0n) is 15.9. The molecule has 128 valence electrons. The van der Waals surface area contributed by atoms with E-state index in [1.54, 1.807) is 3.51 Å². The van der Waals surface area contributed by atoms with Crippen LogP contribution in [-0.2, 0) is 5.41 Å². The average Bonchev–Trinajstić information content (AvgIpc) is 2.59. The molecule has 0 unspecified atom stereocenters. The van der Waals surface area contributed by atoms with Crippen LogP contribution in [0.1, 0.15) is 37.5 Å². The Morgan fingerprint density at radius 3 is 1.56 bits per heavy atom. The first-order valence-electron chi connectivity index (χ1n) is 8.90. The van der Waals surface area contributed by atoms with Crippen molar-refractivity contribution in [3.05, 3.63) is 89.5 Å². The molecule has 0 bridgehead atoms. The molecule has 0 spiro atoms. The van der Waals surface area contributed by atoms with Crippen LogP contribution in [-0.4, -0.2) is 20.2 Å². The maximum absolute atomic E-state index is 2.51. The molecule has 0 atom stereocenters. The predicted octanol–water partition coefficient (Wildman–Crippen LogP) is 4.12. The van der Waals surface area contributed by atoms with Crippen LogP contribution in [0.25, 0.3) is 0 Å². The summed E-state index contributed by atoms with van der Waals surface area (Å²) in [5.74, 6) is 0. The maximum atomic E-state index is 2.51. The van der Waals surface area contributed by atoms with Gasteiger partial charge >= 0.3 is 160 Å². The zero-order valence-corrected chi connectivity index (χ0v) is 18.4. The van der Waals surface area contributed by atoms with E-state index in [0.29, 0.717) is 0 Å². The number of hydrogen-bond acceptors (Lipinski definition) is 0. The third-order valence-electron chi connectivity index (χ3n) is 4.75. The fourth-order valence-electron chi connectivity index (χ4n) is 3.35. The molecule has 25 heavy (non-hydrogen) atoms. The molecule has 1 heteroatoms. The van der Waals surface area contributed by atoms with Crippen LogP contribution in [0.2, 0.25) is 0 Å². The summed E-state index contributed by atoms with van der Waals surface area (Å²) in [7, 11) is 0. The van der Waals surface area contributed by atoms with Crippen molar-refractivity contribution in [2.75, 3.05) is 0 Å². The van der Waals surface area contributed by atoms with Crippen LogP contribution >= 0.6 is 0 Å². The van der Waals surface area contributed by atoms with Crippen LogP contribution in [0.5, 0.6) is 0 Å². The van der Waals surface area contributed by atoms with E-state index in [1.165, 1.54) is 23.7 Å². The van der Waals surface area contributed by atoms with Gasteiger partial charge in [-0.15, -0.1) is 0 Å². The summed E-state index contributed by atoms with van der Waals surface area (Å²) in [6, 6.07) is 27.2. The molecule has 0 aliphatic rings. The van der Waals surface area contributed by atoms with Crippen molar-refractivity contribution >= 4 is 30.7 Å². The third kappa shape index (κ3) is 4.01. The van der Waals surface area contributed by atoms with Gasteiger partial charge in [0.05, 0.1) is 0 Å². The molecule has 0 aliphatic carbocycles. The van der Waals surface area contributed by atoms with E-state index in [-0.39, 0.29) is 5.41 Å². The quantitative estimate of drug-likeness (QED) is 0.541. The van der Waals surface area contributed by atoms with Crippen molar-refractivity contribution in [1.29, 1.82) is 0 Å². The van der Waals surface area contributed by atoms with Crippen molar-refractivity contribution in [2.24, 2.45) is 0 Å². The topological polar surface area (TPSA) is 0 Å². The average molecular weight is 437 g/mol. The first kappa shape index (κ1) is 18.3. The van der Waals surface area contributed by atoms with Crippen molar-refractivity contribution in [3.8, 4) is 0 Å². The second-order valence-electron chi connectivity index (χ2n) is 7.69. The van der Waals surface area contributed by atoms with Gasteiger partial charge in [-0.25, -0.2) is 0 Å². The molecule has 0 aliphatic heterocycles. The Hall–Kier alpha value is -1.52. The summed E-state index contributed by atoms with van der Waals surface area (Å²) < 4.78 is 4.62. The van der Waals surface area contributed by atoms with E-state index >= 15 is 0 Å². The minimum atomic E-state index is -2.01. The van der Waals surface area contributed by atoms with Crippen molar-refractivity contribution in [3.63, 3.8) is 0 Å². The zero-order chi connectivity index (χ0) is 18.0. The Morgan fingerprint density at radius 2 is 1.12 bits per heavy atom. The van der Waals surface area contributed by atoms with Crippen LogP contribution in [0, 0.1) is 13.8 Å². The Labute approximate surface area is 159 Å². The van der Waals surface area contributed by atoms with Gasteiger partial charge in [0, 0.05) is 0 Å². The normalized spacial score (nSPS) is 11.8. The minimum absolute atomic E-state index is 0.171. The van der Waals surface area contributed by atoms with Crippen molar-refractivity contribution < 1.29 is 0 Å². The summed E-state index contributed by atoms with van der Waals surface area (Å²) in [6.45, 7) is 11.5. The molecule has 0 saturated carbocycles. The van der Waals surface area contributed by atoms with Crippen molar-refractivity contribution in [1.82, 2.24) is 0 Å². The van der Waals surface area contributed by atoms with Gasteiger partial charge in [0.15, 0.2) is 0 Å². The van der Waals surface area contributed by atoms with E-state index < -0.39 is 20.2 Å². The number of aryl methyl sites for hydroxylation is 1. The molecule has 0 amide bonds. The van der Waals surface area contributed by atoms with Gasteiger partial charge in [0.2, 0.25) is 0 Å². The Balaban J connectivity index is 2.23. The molecule has 0 aromatic heterocycles. The van der Waals surface area contributed by atoms with E-state index in [2.05, 4.69) is 107 Å². The second kappa shape index (κ2) is 7.38. The first-order valence-corrected chi connectivity index (χ1v) is 12.7.